The van der Waals surface area contributed by atoms with Crippen LogP contribution in [0, 0.1) is 0 Å². The third-order valence-electron chi connectivity index (χ3n) is 4.44. The first-order valence-electron chi connectivity index (χ1n) is 7.96. The summed E-state index contributed by atoms with van der Waals surface area (Å²) in [7, 11) is 0. The predicted octanol–water partition coefficient (Wildman–Crippen LogP) is -0.536. The number of likely N-dealkylation sites (tertiary alicyclic amines) is 1. The van der Waals surface area contributed by atoms with Gasteiger partial charge >= 0.3 is 6.03 Å². The molecule has 2 aliphatic rings. The summed E-state index contributed by atoms with van der Waals surface area (Å²) in [6.45, 7) is 1.07. The Morgan fingerprint density at radius 3 is 2.62 bits per heavy atom. The second kappa shape index (κ2) is 6.81. The standard InChI is InChI=1S/C15H19N5O4/c21-12-2-1-10(18-15(24)19-12)14(23)20-5-3-9(4-6-20)11-7-13(22)17-8-16-11/h7-10H,1-6H2,(H,16,17,22)(H2,18,19,21,24)/t10-/m0/s1. The van der Waals surface area contributed by atoms with E-state index in [1.165, 1.54) is 12.4 Å². The van der Waals surface area contributed by atoms with Crippen LogP contribution in [-0.2, 0) is 9.59 Å². The Bertz CT molecular complexity index is 708. The highest BCUT2D eigenvalue weighted by atomic mass is 16.2. The minimum atomic E-state index is -0.675. The zero-order chi connectivity index (χ0) is 17.1. The van der Waals surface area contributed by atoms with Crippen LogP contribution in [0.5, 0.6) is 0 Å². The molecular formula is C15H19N5O4. The Morgan fingerprint density at radius 1 is 1.17 bits per heavy atom. The van der Waals surface area contributed by atoms with Crippen molar-refractivity contribution in [2.75, 3.05) is 13.1 Å². The van der Waals surface area contributed by atoms with Crippen LogP contribution >= 0.6 is 0 Å². The summed E-state index contributed by atoms with van der Waals surface area (Å²) in [4.78, 5) is 55.1. The summed E-state index contributed by atoms with van der Waals surface area (Å²) in [5.41, 5.74) is 0.556. The summed E-state index contributed by atoms with van der Waals surface area (Å²) in [6, 6.07) is 0.189. The van der Waals surface area contributed by atoms with Gasteiger partial charge in [0, 0.05) is 31.5 Å². The Labute approximate surface area is 137 Å². The summed E-state index contributed by atoms with van der Waals surface area (Å²) >= 11 is 0. The summed E-state index contributed by atoms with van der Waals surface area (Å²) < 4.78 is 0. The van der Waals surface area contributed by atoms with Crippen molar-refractivity contribution < 1.29 is 14.4 Å². The van der Waals surface area contributed by atoms with E-state index < -0.39 is 12.1 Å². The smallest absolute Gasteiger partial charge is 0.322 e. The number of rotatable bonds is 2. The van der Waals surface area contributed by atoms with Crippen molar-refractivity contribution in [3.63, 3.8) is 0 Å². The van der Waals surface area contributed by atoms with Crippen LogP contribution in [0.3, 0.4) is 0 Å². The molecule has 0 bridgehead atoms. The minimum absolute atomic E-state index is 0.141. The Balaban J connectivity index is 1.59. The van der Waals surface area contributed by atoms with Crippen molar-refractivity contribution in [3.05, 3.63) is 28.4 Å². The molecule has 3 heterocycles. The molecule has 0 spiro atoms. The molecule has 3 rings (SSSR count). The SMILES string of the molecule is O=C1CC[C@@H](C(=O)N2CCC(c3cc(=O)[nH]cn3)CC2)NC(=O)N1. The van der Waals surface area contributed by atoms with Crippen LogP contribution in [0.25, 0.3) is 0 Å². The molecule has 9 heteroatoms. The number of nitrogens with one attached hydrogen (secondary N) is 3. The van der Waals surface area contributed by atoms with E-state index in [-0.39, 0.29) is 29.7 Å². The first-order valence-corrected chi connectivity index (χ1v) is 7.96. The number of carbonyl (C=O) groups excluding carboxylic acids is 3. The molecule has 24 heavy (non-hydrogen) atoms. The largest absolute Gasteiger partial charge is 0.341 e. The van der Waals surface area contributed by atoms with Gasteiger partial charge in [-0.25, -0.2) is 9.78 Å². The van der Waals surface area contributed by atoms with Crippen LogP contribution in [0.15, 0.2) is 17.2 Å². The maximum absolute atomic E-state index is 12.6. The van der Waals surface area contributed by atoms with E-state index in [2.05, 4.69) is 20.6 Å². The number of hydrogen-bond acceptors (Lipinski definition) is 5. The molecule has 0 aliphatic carbocycles. The third kappa shape index (κ3) is 3.61. The van der Waals surface area contributed by atoms with Crippen LogP contribution in [0.2, 0.25) is 0 Å². The van der Waals surface area contributed by atoms with Gasteiger partial charge in [0.1, 0.15) is 6.04 Å². The first-order chi connectivity index (χ1) is 11.5. The van der Waals surface area contributed by atoms with Crippen molar-refractivity contribution in [2.24, 2.45) is 0 Å². The number of hydrogen-bond donors (Lipinski definition) is 3. The normalized spacial score (nSPS) is 22.5. The van der Waals surface area contributed by atoms with Gasteiger partial charge in [0.2, 0.25) is 11.8 Å². The van der Waals surface area contributed by atoms with Gasteiger partial charge in [-0.15, -0.1) is 0 Å². The van der Waals surface area contributed by atoms with Gasteiger partial charge in [0.15, 0.2) is 0 Å². The monoisotopic (exact) mass is 333 g/mol. The van der Waals surface area contributed by atoms with Crippen molar-refractivity contribution >= 4 is 17.8 Å². The van der Waals surface area contributed by atoms with Gasteiger partial charge in [-0.2, -0.15) is 0 Å². The van der Waals surface area contributed by atoms with Gasteiger partial charge in [0.25, 0.3) is 5.56 Å². The van der Waals surface area contributed by atoms with E-state index in [9.17, 15) is 19.2 Å². The zero-order valence-electron chi connectivity index (χ0n) is 13.1. The lowest BCUT2D eigenvalue weighted by Gasteiger charge is -2.33. The molecule has 2 aliphatic heterocycles. The van der Waals surface area contributed by atoms with Crippen molar-refractivity contribution in [1.29, 1.82) is 0 Å². The lowest BCUT2D eigenvalue weighted by atomic mass is 9.93. The van der Waals surface area contributed by atoms with Gasteiger partial charge in [0.05, 0.1) is 12.0 Å². The second-order valence-corrected chi connectivity index (χ2v) is 6.05. The number of piperidine rings is 1. The molecule has 128 valence electrons. The highest BCUT2D eigenvalue weighted by molar-refractivity contribution is 5.98. The molecule has 2 fully saturated rings. The summed E-state index contributed by atoms with van der Waals surface area (Å²) in [5.74, 6) is -0.401. The highest BCUT2D eigenvalue weighted by Crippen LogP contribution is 2.26. The molecule has 3 N–H and O–H groups in total. The van der Waals surface area contributed by atoms with Crippen molar-refractivity contribution in [1.82, 2.24) is 25.5 Å². The average molecular weight is 333 g/mol. The Morgan fingerprint density at radius 2 is 1.92 bits per heavy atom. The maximum Gasteiger partial charge on any atom is 0.322 e. The fourth-order valence-electron chi connectivity index (χ4n) is 3.14. The average Bonchev–Trinajstić information content (AvgIpc) is 2.74. The molecule has 9 nitrogen and oxygen atoms in total. The molecular weight excluding hydrogens is 314 g/mol. The van der Waals surface area contributed by atoms with Gasteiger partial charge in [-0.3, -0.25) is 19.7 Å². The van der Waals surface area contributed by atoms with E-state index in [0.717, 1.165) is 5.69 Å². The quantitative estimate of drug-likeness (QED) is 0.671. The van der Waals surface area contributed by atoms with E-state index in [4.69, 9.17) is 0 Å². The van der Waals surface area contributed by atoms with Gasteiger partial charge in [-0.05, 0) is 19.3 Å². The Hall–Kier alpha value is -2.71. The predicted molar refractivity (Wildman–Crippen MR) is 83.1 cm³/mol. The summed E-state index contributed by atoms with van der Waals surface area (Å²) in [6.07, 6.45) is 3.24. The lowest BCUT2D eigenvalue weighted by molar-refractivity contribution is -0.134. The van der Waals surface area contributed by atoms with Crippen LogP contribution in [-0.4, -0.2) is 51.8 Å². The topological polar surface area (TPSA) is 124 Å². The van der Waals surface area contributed by atoms with Crippen LogP contribution in [0.4, 0.5) is 4.79 Å². The number of imide groups is 1. The molecule has 2 saturated heterocycles. The highest BCUT2D eigenvalue weighted by Gasteiger charge is 2.32. The fraction of sp³-hybridized carbons (Fsp3) is 0.533. The minimum Gasteiger partial charge on any atom is -0.341 e. The van der Waals surface area contributed by atoms with Gasteiger partial charge < -0.3 is 15.2 Å². The maximum atomic E-state index is 12.6. The van der Waals surface area contributed by atoms with E-state index in [1.54, 1.807) is 4.90 Å². The molecule has 1 atom stereocenters. The van der Waals surface area contributed by atoms with Crippen LogP contribution in [0.1, 0.15) is 37.3 Å². The number of urea groups is 1. The molecule has 1 aromatic rings. The lowest BCUT2D eigenvalue weighted by Crippen LogP contribution is -2.51. The fourth-order valence-corrected chi connectivity index (χ4v) is 3.14. The molecule has 0 aromatic carbocycles. The summed E-state index contributed by atoms with van der Waals surface area (Å²) in [5, 5.41) is 4.70. The van der Waals surface area contributed by atoms with E-state index >= 15 is 0 Å². The molecule has 4 amide bonds. The first kappa shape index (κ1) is 16.2. The third-order valence-corrected chi connectivity index (χ3v) is 4.44. The van der Waals surface area contributed by atoms with Crippen LogP contribution < -0.4 is 16.2 Å². The van der Waals surface area contributed by atoms with E-state index in [0.29, 0.717) is 32.4 Å². The number of aromatic nitrogens is 2. The van der Waals surface area contributed by atoms with Crippen molar-refractivity contribution in [2.45, 2.75) is 37.6 Å². The Kier molecular flexibility index (Phi) is 4.59. The molecule has 0 saturated carbocycles. The van der Waals surface area contributed by atoms with E-state index in [1.807, 2.05) is 0 Å². The molecule has 1 aromatic heterocycles. The number of H-pyrrole nitrogens is 1. The zero-order valence-corrected chi connectivity index (χ0v) is 13.1. The number of aromatic amines is 1. The number of amides is 4. The number of nitrogens with zero attached hydrogens (tertiary/aromatic N) is 2. The number of carbonyl (C=O) groups is 3. The molecule has 0 unspecified atom stereocenters. The van der Waals surface area contributed by atoms with Gasteiger partial charge in [-0.1, -0.05) is 0 Å². The second-order valence-electron chi connectivity index (χ2n) is 6.05. The molecule has 0 radical (unpaired) electrons. The van der Waals surface area contributed by atoms with Crippen molar-refractivity contribution in [3.8, 4) is 0 Å².